The van der Waals surface area contributed by atoms with E-state index in [9.17, 15) is 32.8 Å². The zero-order chi connectivity index (χ0) is 23.3. The molecule has 3 rings (SSSR count). The van der Waals surface area contributed by atoms with E-state index in [-0.39, 0.29) is 28.4 Å². The van der Waals surface area contributed by atoms with Gasteiger partial charge in [0.1, 0.15) is 5.82 Å². The number of nitrogens with zero attached hydrogens (tertiary/aromatic N) is 1. The molecule has 0 fully saturated rings. The van der Waals surface area contributed by atoms with Gasteiger partial charge in [-0.05, 0) is 48.0 Å². The minimum Gasteiger partial charge on any atom is -0.387 e. The first-order valence-corrected chi connectivity index (χ1v) is 10.7. The molecule has 0 aliphatic carbocycles. The van der Waals surface area contributed by atoms with Gasteiger partial charge in [-0.1, -0.05) is 18.2 Å². The number of nitrogens with one attached hydrogen (secondary N) is 2. The fourth-order valence-corrected chi connectivity index (χ4v) is 3.89. The first-order chi connectivity index (χ1) is 15.2. The second-order valence-corrected chi connectivity index (χ2v) is 8.37. The lowest BCUT2D eigenvalue weighted by Gasteiger charge is -2.13. The number of aliphatic hydroxyl groups excluding tert-OH is 1. The van der Waals surface area contributed by atoms with Crippen LogP contribution in [0.25, 0.3) is 0 Å². The summed E-state index contributed by atoms with van der Waals surface area (Å²) in [5.41, 5.74) is 0.0132. The summed E-state index contributed by atoms with van der Waals surface area (Å²) in [6, 6.07) is 15.6. The number of para-hydroxylation sites is 1. The summed E-state index contributed by atoms with van der Waals surface area (Å²) in [6.45, 7) is -0.207. The van der Waals surface area contributed by atoms with E-state index >= 15 is 0 Å². The predicted molar refractivity (Wildman–Crippen MR) is 114 cm³/mol. The van der Waals surface area contributed by atoms with Crippen LogP contribution < -0.4 is 10.0 Å². The van der Waals surface area contributed by atoms with Gasteiger partial charge in [0, 0.05) is 24.2 Å². The topological polar surface area (TPSA) is 139 Å². The molecule has 0 heterocycles. The molecule has 0 spiro atoms. The van der Waals surface area contributed by atoms with Crippen LogP contribution in [0.3, 0.4) is 0 Å². The number of hydrogen-bond donors (Lipinski definition) is 3. The molecule has 3 aromatic carbocycles. The van der Waals surface area contributed by atoms with Gasteiger partial charge in [0.25, 0.3) is 21.6 Å². The van der Waals surface area contributed by atoms with Crippen molar-refractivity contribution in [3.63, 3.8) is 0 Å². The molecule has 0 aliphatic heterocycles. The van der Waals surface area contributed by atoms with Gasteiger partial charge in [-0.3, -0.25) is 19.6 Å². The van der Waals surface area contributed by atoms with Gasteiger partial charge in [-0.25, -0.2) is 12.8 Å². The van der Waals surface area contributed by atoms with Crippen LogP contribution in [0, 0.1) is 15.9 Å². The summed E-state index contributed by atoms with van der Waals surface area (Å²) < 4.78 is 41.0. The highest BCUT2D eigenvalue weighted by Gasteiger charge is 2.19. The lowest BCUT2D eigenvalue weighted by Crippen LogP contribution is -2.28. The Morgan fingerprint density at radius 3 is 2.41 bits per heavy atom. The molecule has 0 saturated carbocycles. The number of sulfonamides is 1. The van der Waals surface area contributed by atoms with E-state index in [1.807, 2.05) is 0 Å². The van der Waals surface area contributed by atoms with Crippen molar-refractivity contribution < 1.29 is 27.6 Å². The Labute approximate surface area is 182 Å². The van der Waals surface area contributed by atoms with Crippen LogP contribution in [0.5, 0.6) is 0 Å². The number of hydrogen-bond acceptors (Lipinski definition) is 6. The van der Waals surface area contributed by atoms with E-state index in [1.54, 1.807) is 0 Å². The van der Waals surface area contributed by atoms with Crippen molar-refractivity contribution in [1.29, 1.82) is 0 Å². The molecule has 1 amide bonds. The average molecular weight is 459 g/mol. The lowest BCUT2D eigenvalue weighted by molar-refractivity contribution is -0.384. The van der Waals surface area contributed by atoms with Gasteiger partial charge in [0.2, 0.25) is 0 Å². The van der Waals surface area contributed by atoms with E-state index in [2.05, 4.69) is 10.0 Å². The maximum atomic E-state index is 13.8. The standard InChI is InChI=1S/C21H18FN3O6S/c22-18-6-1-2-7-19(18)24-32(30,31)17-5-3-4-15(12-17)21(27)23-13-20(26)14-8-10-16(11-9-14)25(28)29/h1-12,20,24,26H,13H2,(H,23,27). The van der Waals surface area contributed by atoms with Crippen LogP contribution in [0.15, 0.2) is 77.7 Å². The highest BCUT2D eigenvalue weighted by atomic mass is 32.2. The number of nitro benzene ring substituents is 1. The summed E-state index contributed by atoms with van der Waals surface area (Å²) in [6.07, 6.45) is -1.13. The van der Waals surface area contributed by atoms with E-state index in [4.69, 9.17) is 0 Å². The Kier molecular flexibility index (Phi) is 6.81. The number of carbonyl (C=O) groups is 1. The first-order valence-electron chi connectivity index (χ1n) is 9.25. The molecular formula is C21H18FN3O6S. The summed E-state index contributed by atoms with van der Waals surface area (Å²) in [7, 11) is -4.15. The monoisotopic (exact) mass is 459 g/mol. The van der Waals surface area contributed by atoms with Gasteiger partial charge in [-0.15, -0.1) is 0 Å². The third-order valence-corrected chi connectivity index (χ3v) is 5.83. The molecule has 1 atom stereocenters. The summed E-state index contributed by atoms with van der Waals surface area (Å²) in [4.78, 5) is 22.3. The zero-order valence-electron chi connectivity index (χ0n) is 16.4. The van der Waals surface area contributed by atoms with E-state index in [0.717, 1.165) is 12.1 Å². The summed E-state index contributed by atoms with van der Waals surface area (Å²) in [5.74, 6) is -1.39. The molecule has 1 unspecified atom stereocenters. The fraction of sp³-hybridized carbons (Fsp3) is 0.0952. The maximum absolute atomic E-state index is 13.8. The number of benzene rings is 3. The Morgan fingerprint density at radius 2 is 1.75 bits per heavy atom. The Hall–Kier alpha value is -3.83. The van der Waals surface area contributed by atoms with Gasteiger partial charge in [-0.2, -0.15) is 0 Å². The molecule has 3 N–H and O–H groups in total. The van der Waals surface area contributed by atoms with Crippen LogP contribution in [0.4, 0.5) is 15.8 Å². The van der Waals surface area contributed by atoms with Gasteiger partial charge in [0.05, 0.1) is 21.6 Å². The molecule has 0 saturated heterocycles. The van der Waals surface area contributed by atoms with Crippen molar-refractivity contribution in [2.75, 3.05) is 11.3 Å². The van der Waals surface area contributed by atoms with Crippen LogP contribution in [0.2, 0.25) is 0 Å². The van der Waals surface area contributed by atoms with Gasteiger partial charge < -0.3 is 10.4 Å². The van der Waals surface area contributed by atoms with Crippen molar-refractivity contribution in [2.45, 2.75) is 11.0 Å². The number of rotatable bonds is 8. The minimum atomic E-state index is -4.15. The SMILES string of the molecule is O=C(NCC(O)c1ccc([N+](=O)[O-])cc1)c1cccc(S(=O)(=O)Nc2ccccc2F)c1. The highest BCUT2D eigenvalue weighted by molar-refractivity contribution is 7.92. The molecule has 3 aromatic rings. The quantitative estimate of drug-likeness (QED) is 0.350. The van der Waals surface area contributed by atoms with E-state index in [0.29, 0.717) is 5.56 Å². The smallest absolute Gasteiger partial charge is 0.269 e. The first kappa shape index (κ1) is 22.8. The molecule has 166 valence electrons. The number of amides is 1. The molecule has 0 radical (unpaired) electrons. The highest BCUT2D eigenvalue weighted by Crippen LogP contribution is 2.20. The van der Waals surface area contributed by atoms with Gasteiger partial charge >= 0.3 is 0 Å². The predicted octanol–water partition coefficient (Wildman–Crippen LogP) is 3.00. The number of anilines is 1. The van der Waals surface area contributed by atoms with Crippen LogP contribution in [-0.4, -0.2) is 30.9 Å². The number of nitro groups is 1. The van der Waals surface area contributed by atoms with Crippen molar-refractivity contribution in [1.82, 2.24) is 5.32 Å². The second kappa shape index (κ2) is 9.54. The summed E-state index contributed by atoms with van der Waals surface area (Å²) in [5, 5.41) is 23.4. The third kappa shape index (κ3) is 5.45. The van der Waals surface area contributed by atoms with Crippen LogP contribution in [-0.2, 0) is 10.0 Å². The summed E-state index contributed by atoms with van der Waals surface area (Å²) >= 11 is 0. The zero-order valence-corrected chi connectivity index (χ0v) is 17.3. The largest absolute Gasteiger partial charge is 0.387 e. The number of non-ortho nitro benzene ring substituents is 1. The normalized spacial score (nSPS) is 12.1. The van der Waals surface area contributed by atoms with Crippen LogP contribution >= 0.6 is 0 Å². The van der Waals surface area contributed by atoms with Crippen LogP contribution in [0.1, 0.15) is 22.0 Å². The molecule has 0 aliphatic rings. The fourth-order valence-electron chi connectivity index (χ4n) is 2.78. The maximum Gasteiger partial charge on any atom is 0.269 e. The molecule has 9 nitrogen and oxygen atoms in total. The van der Waals surface area contributed by atoms with Crippen molar-refractivity contribution in [3.05, 3.63) is 99.9 Å². The van der Waals surface area contributed by atoms with Crippen molar-refractivity contribution >= 4 is 27.3 Å². The van der Waals surface area contributed by atoms with Gasteiger partial charge in [0.15, 0.2) is 0 Å². The van der Waals surface area contributed by atoms with E-state index in [1.165, 1.54) is 60.7 Å². The minimum absolute atomic E-state index is 0.0114. The number of aliphatic hydroxyl groups is 1. The Morgan fingerprint density at radius 1 is 1.06 bits per heavy atom. The Bertz CT molecular complexity index is 1250. The molecule has 11 heteroatoms. The molecule has 0 bridgehead atoms. The number of carbonyl (C=O) groups excluding carboxylic acids is 1. The third-order valence-electron chi connectivity index (χ3n) is 4.47. The number of halogens is 1. The lowest BCUT2D eigenvalue weighted by atomic mass is 10.1. The van der Waals surface area contributed by atoms with E-state index < -0.39 is 32.8 Å². The van der Waals surface area contributed by atoms with Crippen molar-refractivity contribution in [3.8, 4) is 0 Å². The molecule has 32 heavy (non-hydrogen) atoms. The van der Waals surface area contributed by atoms with Crippen molar-refractivity contribution in [2.24, 2.45) is 0 Å². The molecule has 0 aromatic heterocycles. The Balaban J connectivity index is 1.68. The average Bonchev–Trinajstić information content (AvgIpc) is 2.78. The molecular weight excluding hydrogens is 441 g/mol. The second-order valence-electron chi connectivity index (χ2n) is 6.69.